The van der Waals surface area contributed by atoms with Crippen LogP contribution < -0.4 is 9.47 Å². The molecule has 25 heavy (non-hydrogen) atoms. The Hall–Kier alpha value is -2.28. The Balaban J connectivity index is 1.47. The average molecular weight is 346 g/mol. The van der Waals surface area contributed by atoms with Crippen LogP contribution in [0.3, 0.4) is 0 Å². The molecule has 0 radical (unpaired) electrons. The largest absolute Gasteiger partial charge is 0.454 e. The second-order valence-electron chi connectivity index (χ2n) is 6.82. The predicted molar refractivity (Wildman–Crippen MR) is 88.0 cm³/mol. The number of benzene rings is 1. The number of hydrogen-bond donors (Lipinski definition) is 1. The molecule has 0 aromatic heterocycles. The van der Waals surface area contributed by atoms with Crippen LogP contribution in [0.4, 0.5) is 0 Å². The third-order valence-electron chi connectivity index (χ3n) is 5.18. The molecule has 0 bridgehead atoms. The van der Waals surface area contributed by atoms with Crippen LogP contribution in [-0.4, -0.2) is 58.7 Å². The van der Waals surface area contributed by atoms with Gasteiger partial charge in [-0.25, -0.2) is 0 Å². The van der Waals surface area contributed by atoms with Gasteiger partial charge in [-0.2, -0.15) is 0 Å². The molecular weight excluding hydrogens is 324 g/mol. The normalized spacial score (nSPS) is 23.4. The number of likely N-dealkylation sites (tertiary alicyclic amines) is 2. The van der Waals surface area contributed by atoms with Gasteiger partial charge in [-0.05, 0) is 37.0 Å². The highest BCUT2D eigenvalue weighted by atomic mass is 16.7. The molecule has 1 aromatic rings. The number of piperidine rings is 1. The fourth-order valence-electron chi connectivity index (χ4n) is 3.72. The summed E-state index contributed by atoms with van der Waals surface area (Å²) in [5, 5.41) is 9.62. The molecule has 0 unspecified atom stereocenters. The Labute approximate surface area is 146 Å². The van der Waals surface area contributed by atoms with Crippen molar-refractivity contribution in [1.29, 1.82) is 0 Å². The van der Waals surface area contributed by atoms with Gasteiger partial charge in [-0.3, -0.25) is 9.59 Å². The van der Waals surface area contributed by atoms with E-state index in [4.69, 9.17) is 9.47 Å². The quantitative estimate of drug-likeness (QED) is 0.879. The molecule has 0 aliphatic carbocycles. The van der Waals surface area contributed by atoms with Crippen LogP contribution in [0.2, 0.25) is 0 Å². The maximum Gasteiger partial charge on any atom is 0.245 e. The molecule has 3 heterocycles. The molecule has 3 aliphatic rings. The molecule has 2 amide bonds. The first-order valence-corrected chi connectivity index (χ1v) is 8.76. The van der Waals surface area contributed by atoms with E-state index in [2.05, 4.69) is 0 Å². The van der Waals surface area contributed by atoms with E-state index >= 15 is 0 Å². The molecule has 1 N–H and O–H groups in total. The zero-order valence-electron chi connectivity index (χ0n) is 14.0. The number of fused-ring (bicyclic) bond motifs is 1. The molecule has 1 aromatic carbocycles. The van der Waals surface area contributed by atoms with Gasteiger partial charge < -0.3 is 24.4 Å². The van der Waals surface area contributed by atoms with Crippen molar-refractivity contribution in [3.8, 4) is 11.5 Å². The average Bonchev–Trinajstić information content (AvgIpc) is 3.22. The van der Waals surface area contributed by atoms with Crippen molar-refractivity contribution in [2.24, 2.45) is 0 Å². The van der Waals surface area contributed by atoms with E-state index in [0.717, 1.165) is 5.56 Å². The molecule has 2 fully saturated rings. The summed E-state index contributed by atoms with van der Waals surface area (Å²) in [6, 6.07) is 5.19. The molecule has 7 nitrogen and oxygen atoms in total. The predicted octanol–water partition coefficient (Wildman–Crippen LogP) is 0.890. The van der Waals surface area contributed by atoms with Crippen molar-refractivity contribution in [1.82, 2.24) is 9.80 Å². The van der Waals surface area contributed by atoms with Crippen molar-refractivity contribution in [3.63, 3.8) is 0 Å². The number of aliphatic hydroxyl groups is 1. The van der Waals surface area contributed by atoms with Crippen LogP contribution in [0.1, 0.15) is 31.2 Å². The van der Waals surface area contributed by atoms with E-state index in [1.165, 1.54) is 0 Å². The van der Waals surface area contributed by atoms with Gasteiger partial charge in [0.25, 0.3) is 0 Å². The Kier molecular flexibility index (Phi) is 4.25. The number of rotatable bonds is 3. The van der Waals surface area contributed by atoms with Crippen LogP contribution in [0.5, 0.6) is 11.5 Å². The lowest BCUT2D eigenvalue weighted by Gasteiger charge is -2.34. The van der Waals surface area contributed by atoms with Crippen molar-refractivity contribution >= 4 is 11.8 Å². The van der Waals surface area contributed by atoms with Crippen LogP contribution in [0.15, 0.2) is 18.2 Å². The summed E-state index contributed by atoms with van der Waals surface area (Å²) in [4.78, 5) is 28.6. The van der Waals surface area contributed by atoms with Crippen molar-refractivity contribution in [2.45, 2.75) is 44.4 Å². The number of aliphatic hydroxyl groups excluding tert-OH is 1. The van der Waals surface area contributed by atoms with E-state index in [9.17, 15) is 14.7 Å². The summed E-state index contributed by atoms with van der Waals surface area (Å²) in [5.74, 6) is 1.39. The standard InChI is InChI=1S/C18H22N2O5/c21-13-5-7-19(8-6-13)18(23)14-2-4-17(22)20(14)10-12-1-3-15-16(9-12)25-11-24-15/h1,3,9,13-14,21H,2,4-8,10-11H2/t14-/m1/s1. The van der Waals surface area contributed by atoms with Gasteiger partial charge in [-0.1, -0.05) is 6.07 Å². The number of carbonyl (C=O) groups excluding carboxylic acids is 2. The molecule has 0 saturated carbocycles. The first-order chi connectivity index (χ1) is 12.1. The number of amides is 2. The second kappa shape index (κ2) is 6.55. The Bertz CT molecular complexity index is 684. The molecule has 0 spiro atoms. The zero-order chi connectivity index (χ0) is 17.4. The van der Waals surface area contributed by atoms with Crippen LogP contribution in [-0.2, 0) is 16.1 Å². The third kappa shape index (κ3) is 3.16. The topological polar surface area (TPSA) is 79.3 Å². The molecule has 7 heteroatoms. The van der Waals surface area contributed by atoms with Gasteiger partial charge in [0, 0.05) is 26.1 Å². The third-order valence-corrected chi connectivity index (χ3v) is 5.18. The number of nitrogens with zero attached hydrogens (tertiary/aromatic N) is 2. The first-order valence-electron chi connectivity index (χ1n) is 8.76. The monoisotopic (exact) mass is 346 g/mol. The SMILES string of the molecule is O=C([C@H]1CCC(=O)N1Cc1ccc2c(c1)OCO2)N1CCC(O)CC1. The minimum atomic E-state index is -0.409. The lowest BCUT2D eigenvalue weighted by atomic mass is 10.1. The van der Waals surface area contributed by atoms with Gasteiger partial charge in [0.05, 0.1) is 6.10 Å². The lowest BCUT2D eigenvalue weighted by molar-refractivity contribution is -0.143. The first kappa shape index (κ1) is 16.2. The van der Waals surface area contributed by atoms with E-state index < -0.39 is 6.04 Å². The van der Waals surface area contributed by atoms with Gasteiger partial charge in [-0.15, -0.1) is 0 Å². The lowest BCUT2D eigenvalue weighted by Crippen LogP contribution is -2.49. The van der Waals surface area contributed by atoms with Gasteiger partial charge >= 0.3 is 0 Å². The van der Waals surface area contributed by atoms with E-state index in [1.807, 2.05) is 18.2 Å². The number of ether oxygens (including phenoxy) is 2. The second-order valence-corrected chi connectivity index (χ2v) is 6.82. The highest BCUT2D eigenvalue weighted by Crippen LogP contribution is 2.33. The van der Waals surface area contributed by atoms with E-state index in [0.29, 0.717) is 56.8 Å². The van der Waals surface area contributed by atoms with Crippen molar-refractivity contribution in [3.05, 3.63) is 23.8 Å². The molecular formula is C18H22N2O5. The molecule has 3 aliphatic heterocycles. The van der Waals surface area contributed by atoms with E-state index in [1.54, 1.807) is 9.80 Å². The van der Waals surface area contributed by atoms with Crippen molar-refractivity contribution in [2.75, 3.05) is 19.9 Å². The zero-order valence-corrected chi connectivity index (χ0v) is 14.0. The summed E-state index contributed by atoms with van der Waals surface area (Å²) in [6.45, 7) is 1.72. The summed E-state index contributed by atoms with van der Waals surface area (Å²) in [7, 11) is 0. The van der Waals surface area contributed by atoms with Crippen LogP contribution in [0.25, 0.3) is 0 Å². The highest BCUT2D eigenvalue weighted by molar-refractivity contribution is 5.91. The Morgan fingerprint density at radius 3 is 2.72 bits per heavy atom. The fraction of sp³-hybridized carbons (Fsp3) is 0.556. The maximum absolute atomic E-state index is 12.8. The Morgan fingerprint density at radius 1 is 1.16 bits per heavy atom. The molecule has 134 valence electrons. The molecule has 4 rings (SSSR count). The van der Waals surface area contributed by atoms with Crippen LogP contribution >= 0.6 is 0 Å². The van der Waals surface area contributed by atoms with Gasteiger partial charge in [0.15, 0.2) is 11.5 Å². The summed E-state index contributed by atoms with van der Waals surface area (Å²) in [6.07, 6.45) is 1.85. The maximum atomic E-state index is 12.8. The fourth-order valence-corrected chi connectivity index (χ4v) is 3.72. The smallest absolute Gasteiger partial charge is 0.245 e. The minimum absolute atomic E-state index is 0.00140. The highest BCUT2D eigenvalue weighted by Gasteiger charge is 2.39. The summed E-state index contributed by atoms with van der Waals surface area (Å²) < 4.78 is 10.7. The number of hydrogen-bond acceptors (Lipinski definition) is 5. The minimum Gasteiger partial charge on any atom is -0.454 e. The Morgan fingerprint density at radius 2 is 1.92 bits per heavy atom. The summed E-state index contributed by atoms with van der Waals surface area (Å²) in [5.41, 5.74) is 0.923. The van der Waals surface area contributed by atoms with Gasteiger partial charge in [0.2, 0.25) is 18.6 Å². The van der Waals surface area contributed by atoms with Crippen molar-refractivity contribution < 1.29 is 24.2 Å². The number of carbonyl (C=O) groups is 2. The van der Waals surface area contributed by atoms with E-state index in [-0.39, 0.29) is 24.7 Å². The van der Waals surface area contributed by atoms with Gasteiger partial charge in [0.1, 0.15) is 6.04 Å². The van der Waals surface area contributed by atoms with Crippen LogP contribution in [0, 0.1) is 0 Å². The summed E-state index contributed by atoms with van der Waals surface area (Å²) >= 11 is 0. The molecule has 1 atom stereocenters. The molecule has 2 saturated heterocycles.